The summed E-state index contributed by atoms with van der Waals surface area (Å²) in [5, 5.41) is 0. The van der Waals surface area contributed by atoms with Crippen LogP contribution in [0.15, 0.2) is 97.1 Å². The molecule has 0 N–H and O–H groups in total. The van der Waals surface area contributed by atoms with Gasteiger partial charge in [-0.1, -0.05) is 0 Å². The second-order valence-electron chi connectivity index (χ2n) is 11.0. The van der Waals surface area contributed by atoms with E-state index >= 15 is 0 Å². The first-order valence-electron chi connectivity index (χ1n) is 13.6. The van der Waals surface area contributed by atoms with Crippen molar-refractivity contribution in [2.24, 2.45) is 0 Å². The van der Waals surface area contributed by atoms with Gasteiger partial charge < -0.3 is 0 Å². The molecule has 0 spiro atoms. The molecule has 0 aliphatic carbocycles. The second-order valence-corrected chi connectivity index (χ2v) is 12.0. The van der Waals surface area contributed by atoms with Gasteiger partial charge in [-0.3, -0.25) is 0 Å². The normalized spacial score (nSPS) is 14.5. The minimum atomic E-state index is -4.39. The molecule has 1 saturated heterocycles. The Hall–Kier alpha value is -3.33. The van der Waals surface area contributed by atoms with Crippen molar-refractivity contribution in [3.63, 3.8) is 0 Å². The Kier molecular flexibility index (Phi) is 8.91. The number of alkyl halides is 6. The Morgan fingerprint density at radius 3 is 0.955 bits per heavy atom. The first-order valence-corrected chi connectivity index (χ1v) is 14.8. The van der Waals surface area contributed by atoms with Gasteiger partial charge in [0.05, 0.1) is 0 Å². The van der Waals surface area contributed by atoms with Crippen molar-refractivity contribution in [2.45, 2.75) is 12.4 Å². The number of rotatable bonds is 6. The molecule has 0 radical (unpaired) electrons. The Labute approximate surface area is 264 Å². The molecule has 1 heterocycles. The predicted octanol–water partition coefficient (Wildman–Crippen LogP) is 7.20. The Balaban J connectivity index is 1.44. The summed E-state index contributed by atoms with van der Waals surface area (Å²) >= 11 is 2.30. The maximum atomic E-state index is 13.0. The van der Waals surface area contributed by atoms with E-state index in [1.54, 1.807) is 0 Å². The summed E-state index contributed by atoms with van der Waals surface area (Å²) in [7, 11) is 8.02. The number of benzene rings is 4. The van der Waals surface area contributed by atoms with Crippen LogP contribution in [0.3, 0.4) is 0 Å². The molecule has 0 bridgehead atoms. The van der Waals surface area contributed by atoms with E-state index in [0.717, 1.165) is 50.9 Å². The van der Waals surface area contributed by atoms with Crippen molar-refractivity contribution in [3.05, 3.63) is 108 Å². The van der Waals surface area contributed by atoms with E-state index in [1.165, 1.54) is 24.3 Å². The quantitative estimate of drug-likeness (QED) is 0.152. The molecule has 0 aromatic heterocycles. The zero-order chi connectivity index (χ0) is 32.0. The van der Waals surface area contributed by atoms with Crippen molar-refractivity contribution in [2.75, 3.05) is 37.8 Å². The van der Waals surface area contributed by atoms with Crippen LogP contribution in [0, 0.1) is 0 Å². The third-order valence-electron chi connectivity index (χ3n) is 7.60. The van der Waals surface area contributed by atoms with Crippen molar-refractivity contribution in [3.8, 4) is 22.3 Å². The monoisotopic (exact) mass is 787 g/mol. The minimum absolute atomic E-state index is 0.107. The zero-order valence-electron chi connectivity index (χ0n) is 24.3. The third-order valence-corrected chi connectivity index (χ3v) is 8.70. The number of hydrogen-bond donors (Lipinski definition) is 0. The van der Waals surface area contributed by atoms with E-state index in [0.29, 0.717) is 11.1 Å². The Bertz CT molecular complexity index is 1490. The van der Waals surface area contributed by atoms with Crippen LogP contribution >= 0.6 is 0 Å². The van der Waals surface area contributed by atoms with E-state index < -0.39 is 23.5 Å². The molecule has 1 aliphatic rings. The first-order chi connectivity index (χ1) is 20.7. The van der Waals surface area contributed by atoms with Gasteiger partial charge in [-0.15, -0.1) is 0 Å². The molecular formula is C31H28B2F6N4Pt. The van der Waals surface area contributed by atoms with Crippen LogP contribution < -0.4 is 9.62 Å². The van der Waals surface area contributed by atoms with Gasteiger partial charge in [0.1, 0.15) is 0 Å². The van der Waals surface area contributed by atoms with E-state index in [2.05, 4.69) is 38.6 Å². The first kappa shape index (κ1) is 32.1. The summed E-state index contributed by atoms with van der Waals surface area (Å²) in [6, 6.07) is 25.7. The van der Waals surface area contributed by atoms with Gasteiger partial charge >= 0.3 is 265 Å². The van der Waals surface area contributed by atoms with Crippen molar-refractivity contribution in [1.29, 1.82) is 0 Å². The van der Waals surface area contributed by atoms with Gasteiger partial charge in [0, 0.05) is 0 Å². The number of hydrogen-bond acceptors (Lipinski definition) is 4. The van der Waals surface area contributed by atoms with Crippen molar-refractivity contribution < 1.29 is 45.7 Å². The van der Waals surface area contributed by atoms with Crippen LogP contribution in [-0.2, 0) is 31.7 Å². The molecule has 4 aromatic rings. The summed E-state index contributed by atoms with van der Waals surface area (Å²) in [6.07, 6.45) is -8.77. The summed E-state index contributed by atoms with van der Waals surface area (Å²) in [5.74, 6) is 0. The van der Waals surface area contributed by atoms with E-state index in [1.807, 2.05) is 76.7 Å². The fourth-order valence-electron chi connectivity index (χ4n) is 5.41. The van der Waals surface area contributed by atoms with Gasteiger partial charge in [-0.25, -0.2) is 0 Å². The van der Waals surface area contributed by atoms with Crippen LogP contribution in [-0.4, -0.2) is 55.7 Å². The average molecular weight is 787 g/mol. The van der Waals surface area contributed by atoms with Gasteiger partial charge in [0.15, 0.2) is 0 Å². The van der Waals surface area contributed by atoms with Crippen LogP contribution in [0.1, 0.15) is 11.1 Å². The number of halogens is 6. The number of anilines is 2. The molecule has 0 unspecified atom stereocenters. The van der Waals surface area contributed by atoms with Crippen LogP contribution in [0.5, 0.6) is 0 Å². The summed E-state index contributed by atoms with van der Waals surface area (Å²) in [5.41, 5.74) is 3.45. The molecule has 0 amide bonds. The van der Waals surface area contributed by atoms with Crippen molar-refractivity contribution in [1.82, 2.24) is 9.62 Å². The predicted molar refractivity (Wildman–Crippen MR) is 163 cm³/mol. The van der Waals surface area contributed by atoms with Crippen LogP contribution in [0.2, 0.25) is 0 Å². The van der Waals surface area contributed by atoms with Gasteiger partial charge in [0.25, 0.3) is 0 Å². The second kappa shape index (κ2) is 12.2. The molecule has 0 saturated carbocycles. The molecule has 44 heavy (non-hydrogen) atoms. The molecule has 4 aromatic carbocycles. The fourth-order valence-corrected chi connectivity index (χ4v) is 6.60. The number of nitrogens with zero attached hydrogens (tertiary/aromatic N) is 4. The van der Waals surface area contributed by atoms with Gasteiger partial charge in [-0.2, -0.15) is 0 Å². The molecule has 13 heteroatoms. The summed E-state index contributed by atoms with van der Waals surface area (Å²) in [6.45, 7) is -0.215. The summed E-state index contributed by atoms with van der Waals surface area (Å²) < 4.78 is 79.1. The Morgan fingerprint density at radius 1 is 0.477 bits per heavy atom. The molecule has 0 atom stereocenters. The molecule has 1 fully saturated rings. The van der Waals surface area contributed by atoms with Gasteiger partial charge in [-0.05, 0) is 0 Å². The topological polar surface area (TPSA) is 13.0 Å². The molecular weight excluding hydrogens is 759 g/mol. The van der Waals surface area contributed by atoms with Crippen LogP contribution in [0.25, 0.3) is 22.3 Å². The zero-order valence-corrected chi connectivity index (χ0v) is 26.5. The maximum absolute atomic E-state index is 13.0. The Morgan fingerprint density at radius 2 is 0.727 bits per heavy atom. The fraction of sp³-hybridized carbons (Fsp3) is 0.194. The molecule has 230 valence electrons. The standard InChI is InChI=1S/C31H28B2F6N4.Pt/c1-40(2)32-33(41(3)4)43(29-19-11-25(12-20-29)23-7-15-27(16-8-23)31(37,38)39)21-42(32)28-17-9-24(10-18-28)22-5-13-26(14-6-22)30(34,35)36;/h5-20H,1-4H3;. The molecule has 5 rings (SSSR count). The SMILES string of the molecule is CN(C)B1B(N(C)C)N(c2ccc(-c3ccc(C(F)(F)F)cc3)cc2)[C](=[Pt])N1c1ccc(-c2ccc(C(F)(F)F)cc2)cc1. The molecule has 4 nitrogen and oxygen atoms in total. The van der Waals surface area contributed by atoms with Crippen LogP contribution in [0.4, 0.5) is 37.7 Å². The van der Waals surface area contributed by atoms with E-state index in [4.69, 9.17) is 0 Å². The third kappa shape index (κ3) is 6.39. The molecule has 1 aliphatic heterocycles. The van der Waals surface area contributed by atoms with Crippen molar-refractivity contribution >= 4 is 29.3 Å². The van der Waals surface area contributed by atoms with Gasteiger partial charge in [0.2, 0.25) is 0 Å². The van der Waals surface area contributed by atoms with E-state index in [9.17, 15) is 26.3 Å². The average Bonchev–Trinajstić information content (AvgIpc) is 3.30. The summed E-state index contributed by atoms with van der Waals surface area (Å²) in [4.78, 5) is 8.69. The van der Waals surface area contributed by atoms with E-state index in [-0.39, 0.29) is 13.7 Å².